The van der Waals surface area contributed by atoms with E-state index in [1.54, 1.807) is 12.1 Å². The zero-order valence-electron chi connectivity index (χ0n) is 14.4. The van der Waals surface area contributed by atoms with Crippen molar-refractivity contribution in [1.82, 2.24) is 4.72 Å². The minimum atomic E-state index is -3.64. The molecule has 1 N–H and O–H groups in total. The Bertz CT molecular complexity index is 812. The number of carboxylic acid groups (broad SMARTS) is 1. The summed E-state index contributed by atoms with van der Waals surface area (Å²) in [7, 11) is -3.64. The summed E-state index contributed by atoms with van der Waals surface area (Å²) in [5, 5.41) is 10.7. The number of nitrogens with one attached hydrogen (secondary N) is 1. The van der Waals surface area contributed by atoms with Crippen molar-refractivity contribution in [2.24, 2.45) is 16.7 Å². The number of Topliss-reactive ketones (excluding diaryl/α,β-unsaturated/α-hetero) is 1. The minimum Gasteiger partial charge on any atom is -0.545 e. The van der Waals surface area contributed by atoms with Crippen LogP contribution in [0.5, 0.6) is 0 Å². The highest BCUT2D eigenvalue weighted by molar-refractivity contribution is 7.89. The maximum atomic E-state index is 12.6. The van der Waals surface area contributed by atoms with Gasteiger partial charge in [0.05, 0.1) is 11.7 Å². The fourth-order valence-corrected chi connectivity index (χ4v) is 6.25. The van der Waals surface area contributed by atoms with E-state index in [4.69, 9.17) is 0 Å². The molecule has 2 atom stereocenters. The van der Waals surface area contributed by atoms with Crippen LogP contribution >= 0.6 is 0 Å². The Morgan fingerprint density at radius 3 is 2.40 bits per heavy atom. The highest BCUT2D eigenvalue weighted by Gasteiger charge is 2.65. The molecule has 2 bridgehead atoms. The van der Waals surface area contributed by atoms with E-state index >= 15 is 0 Å². The zero-order chi connectivity index (χ0) is 18.5. The monoisotopic (exact) mass is 364 g/mol. The largest absolute Gasteiger partial charge is 0.545 e. The van der Waals surface area contributed by atoms with Crippen LogP contribution < -0.4 is 9.83 Å². The molecule has 6 nitrogen and oxygen atoms in total. The lowest BCUT2D eigenvalue weighted by atomic mass is 9.70. The average Bonchev–Trinajstić information content (AvgIpc) is 2.87. The van der Waals surface area contributed by atoms with Gasteiger partial charge in [-0.1, -0.05) is 38.1 Å². The first-order chi connectivity index (χ1) is 11.6. The first-order valence-corrected chi connectivity index (χ1v) is 10.0. The van der Waals surface area contributed by atoms with Crippen molar-refractivity contribution in [1.29, 1.82) is 0 Å². The lowest BCUT2D eigenvalue weighted by Crippen LogP contribution is -2.45. The summed E-state index contributed by atoms with van der Waals surface area (Å²) >= 11 is 0. The fourth-order valence-electron chi connectivity index (χ4n) is 4.44. The van der Waals surface area contributed by atoms with Crippen molar-refractivity contribution in [2.75, 3.05) is 5.75 Å². The highest BCUT2D eigenvalue weighted by atomic mass is 32.2. The highest BCUT2D eigenvalue weighted by Crippen LogP contribution is 2.64. The number of hydrogen-bond acceptors (Lipinski definition) is 5. The number of hydrogen-bond donors (Lipinski definition) is 1. The lowest BCUT2D eigenvalue weighted by molar-refractivity contribution is -0.255. The molecule has 1 aromatic rings. The molecule has 0 aliphatic heterocycles. The number of carbonyl (C=O) groups is 2. The van der Waals surface area contributed by atoms with Gasteiger partial charge in [-0.3, -0.25) is 4.79 Å². The van der Waals surface area contributed by atoms with E-state index in [0.29, 0.717) is 18.4 Å². The van der Waals surface area contributed by atoms with E-state index in [2.05, 4.69) is 4.72 Å². The Hall–Kier alpha value is -1.73. The number of carboxylic acids is 1. The van der Waals surface area contributed by atoms with Crippen LogP contribution in [0.2, 0.25) is 0 Å². The Morgan fingerprint density at radius 2 is 1.92 bits per heavy atom. The second kappa shape index (κ2) is 5.92. The molecule has 1 aromatic carbocycles. The average molecular weight is 364 g/mol. The van der Waals surface area contributed by atoms with Crippen molar-refractivity contribution < 1.29 is 23.1 Å². The van der Waals surface area contributed by atoms with E-state index in [-0.39, 0.29) is 35.0 Å². The number of rotatable bonds is 6. The van der Waals surface area contributed by atoms with E-state index in [0.717, 1.165) is 6.42 Å². The normalized spacial score (nSPS) is 27.6. The molecule has 0 amide bonds. The Kier molecular flexibility index (Phi) is 4.28. The quantitative estimate of drug-likeness (QED) is 0.806. The van der Waals surface area contributed by atoms with Crippen LogP contribution in [0, 0.1) is 16.7 Å². The standard InChI is InChI=1S/C18H23NO5S/c1-17(2)14-7-8-18(17,15(20)9-14)11-25(23,24)19-10-12-3-5-13(6-4-12)16(21)22/h3-6,14,19H,7-11H2,1-2H3,(H,21,22)/p-1/t14-,18+/m1/s1. The summed E-state index contributed by atoms with van der Waals surface area (Å²) in [5.74, 6) is -1.12. The van der Waals surface area contributed by atoms with Crippen LogP contribution in [0.4, 0.5) is 0 Å². The van der Waals surface area contributed by atoms with Gasteiger partial charge in [0.2, 0.25) is 10.0 Å². The number of sulfonamides is 1. The summed E-state index contributed by atoms with van der Waals surface area (Å²) in [6, 6.07) is 5.84. The first-order valence-electron chi connectivity index (χ1n) is 8.38. The molecule has 2 aliphatic carbocycles. The summed E-state index contributed by atoms with van der Waals surface area (Å²) in [6.07, 6.45) is 2.01. The lowest BCUT2D eigenvalue weighted by Gasteiger charge is -2.36. The van der Waals surface area contributed by atoms with Gasteiger partial charge in [0.15, 0.2) is 0 Å². The first kappa shape index (κ1) is 18.1. The molecule has 0 aromatic heterocycles. The van der Waals surface area contributed by atoms with Gasteiger partial charge in [-0.2, -0.15) is 0 Å². The molecule has 0 saturated heterocycles. The van der Waals surface area contributed by atoms with Gasteiger partial charge in [-0.15, -0.1) is 0 Å². The number of benzene rings is 1. The molecular formula is C18H22NO5S-. The van der Waals surface area contributed by atoms with E-state index < -0.39 is 21.4 Å². The topological polar surface area (TPSA) is 103 Å². The van der Waals surface area contributed by atoms with Gasteiger partial charge in [0, 0.05) is 18.4 Å². The van der Waals surface area contributed by atoms with Gasteiger partial charge in [0.25, 0.3) is 0 Å². The SMILES string of the molecule is CC1(C)[C@@H]2CC[C@]1(CS(=O)(=O)NCc1ccc(C(=O)[O-])cc1)C(=O)C2. The molecule has 0 unspecified atom stereocenters. The number of ketones is 1. The molecule has 0 heterocycles. The molecule has 0 spiro atoms. The minimum absolute atomic E-state index is 0.0424. The van der Waals surface area contributed by atoms with Crippen LogP contribution in [-0.4, -0.2) is 25.9 Å². The van der Waals surface area contributed by atoms with Crippen molar-refractivity contribution in [3.05, 3.63) is 35.4 Å². The predicted octanol–water partition coefficient (Wildman–Crippen LogP) is 0.865. The summed E-state index contributed by atoms with van der Waals surface area (Å²) in [5.41, 5.74) is -0.398. The zero-order valence-corrected chi connectivity index (χ0v) is 15.2. The predicted molar refractivity (Wildman–Crippen MR) is 90.0 cm³/mol. The Labute approximate surface area is 147 Å². The number of fused-ring (bicyclic) bond motifs is 2. The van der Waals surface area contributed by atoms with Gasteiger partial charge in [-0.25, -0.2) is 13.1 Å². The van der Waals surface area contributed by atoms with Crippen molar-refractivity contribution in [3.8, 4) is 0 Å². The second-order valence-electron chi connectivity index (χ2n) is 7.73. The van der Waals surface area contributed by atoms with Crippen molar-refractivity contribution in [2.45, 2.75) is 39.7 Å². The third-order valence-electron chi connectivity index (χ3n) is 6.26. The molecule has 25 heavy (non-hydrogen) atoms. The second-order valence-corrected chi connectivity index (χ2v) is 9.54. The summed E-state index contributed by atoms with van der Waals surface area (Å²) < 4.78 is 27.7. The molecule has 0 radical (unpaired) electrons. The number of aromatic carboxylic acids is 1. The Morgan fingerprint density at radius 1 is 1.28 bits per heavy atom. The molecule has 2 aliphatic rings. The molecular weight excluding hydrogens is 342 g/mol. The molecule has 136 valence electrons. The molecule has 2 saturated carbocycles. The van der Waals surface area contributed by atoms with E-state index in [1.165, 1.54) is 12.1 Å². The molecule has 7 heteroatoms. The van der Waals surface area contributed by atoms with Crippen LogP contribution in [0.25, 0.3) is 0 Å². The smallest absolute Gasteiger partial charge is 0.212 e. The third-order valence-corrected chi connectivity index (χ3v) is 7.72. The van der Waals surface area contributed by atoms with Gasteiger partial charge < -0.3 is 9.90 Å². The molecule has 3 rings (SSSR count). The van der Waals surface area contributed by atoms with Crippen LogP contribution in [0.3, 0.4) is 0 Å². The fraction of sp³-hybridized carbons (Fsp3) is 0.556. The van der Waals surface area contributed by atoms with Gasteiger partial charge >= 0.3 is 0 Å². The maximum Gasteiger partial charge on any atom is 0.212 e. The van der Waals surface area contributed by atoms with Gasteiger partial charge in [0.1, 0.15) is 5.78 Å². The summed E-state index contributed by atoms with van der Waals surface area (Å²) in [6.45, 7) is 4.07. The number of carbonyl (C=O) groups excluding carboxylic acids is 2. The van der Waals surface area contributed by atoms with Gasteiger partial charge in [-0.05, 0) is 35.3 Å². The van der Waals surface area contributed by atoms with E-state index in [9.17, 15) is 23.1 Å². The van der Waals surface area contributed by atoms with Crippen LogP contribution in [-0.2, 0) is 21.4 Å². The van der Waals surface area contributed by atoms with Crippen LogP contribution in [0.15, 0.2) is 24.3 Å². The third kappa shape index (κ3) is 3.00. The molecule has 2 fully saturated rings. The van der Waals surface area contributed by atoms with Crippen molar-refractivity contribution in [3.63, 3.8) is 0 Å². The Balaban J connectivity index is 1.70. The van der Waals surface area contributed by atoms with E-state index in [1.807, 2.05) is 13.8 Å². The summed E-state index contributed by atoms with van der Waals surface area (Å²) in [4.78, 5) is 23.2. The van der Waals surface area contributed by atoms with Crippen LogP contribution in [0.1, 0.15) is 49.0 Å². The van der Waals surface area contributed by atoms with Crippen molar-refractivity contribution >= 4 is 21.8 Å². The maximum absolute atomic E-state index is 12.6.